The van der Waals surface area contributed by atoms with Gasteiger partial charge in [-0.25, -0.2) is 4.90 Å². The van der Waals surface area contributed by atoms with Crippen molar-refractivity contribution in [3.63, 3.8) is 0 Å². The third-order valence-electron chi connectivity index (χ3n) is 10.4. The molecule has 4 amide bonds. The average molecular weight is 641 g/mol. The van der Waals surface area contributed by atoms with Crippen LogP contribution < -0.4 is 14.4 Å². The Morgan fingerprint density at radius 2 is 1.59 bits per heavy atom. The minimum absolute atomic E-state index is 0.137. The van der Waals surface area contributed by atoms with E-state index in [4.69, 9.17) is 21.1 Å². The number of benzene rings is 3. The fourth-order valence-corrected chi connectivity index (χ4v) is 8.76. The minimum atomic E-state index is -1.45. The van der Waals surface area contributed by atoms with Gasteiger partial charge in [0.15, 0.2) is 11.5 Å². The predicted molar refractivity (Wildman–Crippen MR) is 170 cm³/mol. The molecule has 3 aromatic rings. The van der Waals surface area contributed by atoms with E-state index in [-0.39, 0.29) is 42.0 Å². The van der Waals surface area contributed by atoms with Gasteiger partial charge >= 0.3 is 0 Å². The molecule has 236 valence electrons. The van der Waals surface area contributed by atoms with Gasteiger partial charge in [-0.3, -0.25) is 24.1 Å². The van der Waals surface area contributed by atoms with Crippen LogP contribution in [0.4, 0.5) is 5.69 Å². The lowest BCUT2D eigenvalue weighted by molar-refractivity contribution is -0.140. The van der Waals surface area contributed by atoms with Crippen LogP contribution >= 0.6 is 11.6 Å². The molecule has 10 heteroatoms. The molecule has 0 radical (unpaired) electrons. The van der Waals surface area contributed by atoms with E-state index < -0.39 is 46.8 Å². The van der Waals surface area contributed by atoms with Crippen LogP contribution in [0.5, 0.6) is 17.2 Å². The molecule has 6 atom stereocenters. The molecule has 46 heavy (non-hydrogen) atoms. The van der Waals surface area contributed by atoms with Gasteiger partial charge in [-0.2, -0.15) is 0 Å². The van der Waals surface area contributed by atoms with Crippen LogP contribution in [-0.4, -0.2) is 54.4 Å². The number of rotatable bonds is 6. The molecule has 0 aromatic heterocycles. The van der Waals surface area contributed by atoms with Crippen molar-refractivity contribution in [3.8, 4) is 17.2 Å². The number of anilines is 1. The minimum Gasteiger partial charge on any atom is -0.502 e. The Labute approximate surface area is 271 Å². The molecule has 1 N–H and O–H groups in total. The van der Waals surface area contributed by atoms with Crippen molar-refractivity contribution in [1.82, 2.24) is 4.90 Å². The van der Waals surface area contributed by atoms with E-state index in [1.807, 2.05) is 36.4 Å². The van der Waals surface area contributed by atoms with E-state index in [0.29, 0.717) is 28.3 Å². The molecule has 7 rings (SSSR count). The van der Waals surface area contributed by atoms with Gasteiger partial charge in [-0.1, -0.05) is 59.6 Å². The second-order valence-corrected chi connectivity index (χ2v) is 12.7. The summed E-state index contributed by atoms with van der Waals surface area (Å²) in [4.78, 5) is 59.8. The van der Waals surface area contributed by atoms with Gasteiger partial charge in [-0.15, -0.1) is 0 Å². The Morgan fingerprint density at radius 3 is 2.22 bits per heavy atom. The first-order valence-corrected chi connectivity index (χ1v) is 15.8. The van der Waals surface area contributed by atoms with E-state index in [1.54, 1.807) is 43.3 Å². The van der Waals surface area contributed by atoms with Gasteiger partial charge in [0.1, 0.15) is 0 Å². The quantitative estimate of drug-likeness (QED) is 0.289. The zero-order valence-electron chi connectivity index (χ0n) is 25.6. The number of aromatic hydroxyl groups is 1. The van der Waals surface area contributed by atoms with Crippen LogP contribution in [0, 0.1) is 23.7 Å². The van der Waals surface area contributed by atoms with Gasteiger partial charge < -0.3 is 14.6 Å². The highest BCUT2D eigenvalue weighted by molar-refractivity contribution is 6.32. The summed E-state index contributed by atoms with van der Waals surface area (Å²) in [6.07, 6.45) is 2.52. The second kappa shape index (κ2) is 11.0. The number of hydrogen-bond acceptors (Lipinski definition) is 7. The number of likely N-dealkylation sites (tertiary alicyclic amines) is 1. The van der Waals surface area contributed by atoms with Gasteiger partial charge in [0.05, 0.1) is 43.1 Å². The Balaban J connectivity index is 1.54. The summed E-state index contributed by atoms with van der Waals surface area (Å²) in [5.74, 6) is -4.54. The highest BCUT2D eigenvalue weighted by atomic mass is 35.5. The van der Waals surface area contributed by atoms with Gasteiger partial charge in [0.2, 0.25) is 29.4 Å². The lowest BCUT2D eigenvalue weighted by Gasteiger charge is -2.50. The van der Waals surface area contributed by atoms with Crippen LogP contribution in [0.2, 0.25) is 5.02 Å². The van der Waals surface area contributed by atoms with Crippen molar-refractivity contribution >= 4 is 40.9 Å². The molecule has 0 spiro atoms. The maximum absolute atomic E-state index is 15.3. The maximum Gasteiger partial charge on any atom is 0.246 e. The SMILES string of the molecule is CCN1C(=O)C2CC=C3C(CC4C(=O)N(c5cccc(Cl)c5)C(=O)C4(c4ccccc4)C3c3cc(OC)c(O)c(OC)c3)C2C1=O. The molecule has 3 fully saturated rings. The van der Waals surface area contributed by atoms with Gasteiger partial charge in [0.25, 0.3) is 0 Å². The molecular weight excluding hydrogens is 608 g/mol. The largest absolute Gasteiger partial charge is 0.502 e. The van der Waals surface area contributed by atoms with E-state index in [2.05, 4.69) is 0 Å². The number of ether oxygens (including phenoxy) is 2. The number of phenolic OH excluding ortho intramolecular Hbond substituents is 1. The van der Waals surface area contributed by atoms with Crippen LogP contribution in [0.3, 0.4) is 0 Å². The van der Waals surface area contributed by atoms with Crippen molar-refractivity contribution in [2.75, 3.05) is 25.7 Å². The number of amides is 4. The Bertz CT molecular complexity index is 1800. The molecule has 4 aliphatic rings. The lowest BCUT2D eigenvalue weighted by Crippen LogP contribution is -2.53. The zero-order chi connectivity index (χ0) is 32.5. The van der Waals surface area contributed by atoms with Crippen molar-refractivity contribution < 1.29 is 33.8 Å². The molecule has 2 saturated heterocycles. The number of phenols is 1. The number of carbonyl (C=O) groups excluding carboxylic acids is 4. The highest BCUT2D eigenvalue weighted by Crippen LogP contribution is 2.65. The second-order valence-electron chi connectivity index (χ2n) is 12.3. The summed E-state index contributed by atoms with van der Waals surface area (Å²) in [6, 6.07) is 19.2. The van der Waals surface area contributed by atoms with E-state index in [1.165, 1.54) is 24.0 Å². The van der Waals surface area contributed by atoms with Crippen molar-refractivity contribution in [2.24, 2.45) is 23.7 Å². The standard InChI is InChI=1S/C36H33ClN2O7/c1-4-38-32(41)24-14-13-23-25(29(24)34(38)43)18-26-33(42)39(22-12-8-11-21(37)17-22)35(44)36(26,20-9-6-5-7-10-20)30(23)19-15-27(45-2)31(40)28(16-19)46-3/h5-13,15-17,24-26,29-30,40H,4,14,18H2,1-3H3. The summed E-state index contributed by atoms with van der Waals surface area (Å²) in [6.45, 7) is 2.04. The van der Waals surface area contributed by atoms with Gasteiger partial charge in [0, 0.05) is 17.5 Å². The number of imide groups is 2. The number of fused-ring (bicyclic) bond motifs is 4. The third-order valence-corrected chi connectivity index (χ3v) is 10.6. The molecular formula is C36H33ClN2O7. The number of hydrogen-bond donors (Lipinski definition) is 1. The van der Waals surface area contributed by atoms with E-state index >= 15 is 4.79 Å². The average Bonchev–Trinajstić information content (AvgIpc) is 3.45. The lowest BCUT2D eigenvalue weighted by atomic mass is 9.49. The normalized spacial score (nSPS) is 28.5. The molecule has 2 aliphatic heterocycles. The number of halogens is 1. The molecule has 2 aliphatic carbocycles. The molecule has 0 bridgehead atoms. The monoisotopic (exact) mass is 640 g/mol. The number of carbonyl (C=O) groups is 4. The third kappa shape index (κ3) is 4.00. The first-order valence-electron chi connectivity index (χ1n) is 15.4. The maximum atomic E-state index is 15.3. The predicted octanol–water partition coefficient (Wildman–Crippen LogP) is 5.25. The molecule has 3 aromatic carbocycles. The zero-order valence-corrected chi connectivity index (χ0v) is 26.4. The first kappa shape index (κ1) is 30.0. The van der Waals surface area contributed by atoms with Crippen LogP contribution in [-0.2, 0) is 24.6 Å². The number of allylic oxidation sites excluding steroid dienone is 2. The Hall–Kier alpha value is -4.63. The van der Waals surface area contributed by atoms with Crippen LogP contribution in [0.1, 0.15) is 36.8 Å². The highest BCUT2D eigenvalue weighted by Gasteiger charge is 2.70. The topological polar surface area (TPSA) is 113 Å². The van der Waals surface area contributed by atoms with Crippen LogP contribution in [0.15, 0.2) is 78.4 Å². The summed E-state index contributed by atoms with van der Waals surface area (Å²) < 4.78 is 11.1. The smallest absolute Gasteiger partial charge is 0.246 e. The van der Waals surface area contributed by atoms with E-state index in [0.717, 1.165) is 5.57 Å². The van der Waals surface area contributed by atoms with Crippen LogP contribution in [0.25, 0.3) is 0 Å². The fraction of sp³-hybridized carbons (Fsp3) is 0.333. The number of nitrogens with zero attached hydrogens (tertiary/aromatic N) is 2. The fourth-order valence-electron chi connectivity index (χ4n) is 8.58. The Kier molecular flexibility index (Phi) is 7.20. The van der Waals surface area contributed by atoms with Gasteiger partial charge in [-0.05, 0) is 67.1 Å². The van der Waals surface area contributed by atoms with E-state index in [9.17, 15) is 19.5 Å². The molecule has 1 saturated carbocycles. The first-order chi connectivity index (χ1) is 22.2. The summed E-state index contributed by atoms with van der Waals surface area (Å²) in [5.41, 5.74) is 0.937. The summed E-state index contributed by atoms with van der Waals surface area (Å²) in [7, 11) is 2.85. The molecule has 9 nitrogen and oxygen atoms in total. The Morgan fingerprint density at radius 1 is 0.891 bits per heavy atom. The summed E-state index contributed by atoms with van der Waals surface area (Å²) in [5, 5.41) is 11.2. The molecule has 6 unspecified atom stereocenters. The van der Waals surface area contributed by atoms with Crippen molar-refractivity contribution in [2.45, 2.75) is 31.1 Å². The summed E-state index contributed by atoms with van der Waals surface area (Å²) >= 11 is 6.36. The number of methoxy groups -OCH3 is 2. The van der Waals surface area contributed by atoms with Crippen molar-refractivity contribution in [3.05, 3.63) is 94.5 Å². The molecule has 2 heterocycles. The van der Waals surface area contributed by atoms with Crippen molar-refractivity contribution in [1.29, 1.82) is 0 Å².